The molecule has 1 amide bonds. The number of hydrogen-bond donors (Lipinski definition) is 2. The number of nitrogens with one attached hydrogen (secondary N) is 1. The summed E-state index contributed by atoms with van der Waals surface area (Å²) in [4.78, 5) is 11.9. The molecule has 0 aromatic heterocycles. The number of carbonyl (C=O) groups excluding carboxylic acids is 1. The first-order valence-corrected chi connectivity index (χ1v) is 6.54. The van der Waals surface area contributed by atoms with Crippen molar-refractivity contribution < 1.29 is 18.7 Å². The highest BCUT2D eigenvalue weighted by atomic mass is 32.1. The summed E-state index contributed by atoms with van der Waals surface area (Å²) in [6, 6.07) is 4.42. The van der Waals surface area contributed by atoms with Crippen LogP contribution in [-0.4, -0.2) is 36.8 Å². The van der Waals surface area contributed by atoms with E-state index in [2.05, 4.69) is 5.32 Å². The summed E-state index contributed by atoms with van der Waals surface area (Å²) in [5.74, 6) is -0.779. The Bertz CT molecular complexity index is 518. The summed E-state index contributed by atoms with van der Waals surface area (Å²) in [5, 5.41) is 2.61. The Morgan fingerprint density at radius 1 is 1.50 bits per heavy atom. The fraction of sp³-hybridized carbons (Fsp3) is 0.385. The minimum Gasteiger partial charge on any atom is -0.389 e. The normalized spacial score (nSPS) is 18.6. The standard InChI is InChI=1S/C13H15FN2O3S/c14-10-5-8(12(15)20)1-2-9(10)6-16-13(17)11-7-18-3-4-19-11/h1-2,5,11H,3-4,6-7H2,(H2,15,20)(H,16,17). The minimum atomic E-state index is -0.636. The van der Waals surface area contributed by atoms with Crippen molar-refractivity contribution in [2.45, 2.75) is 12.6 Å². The van der Waals surface area contributed by atoms with Gasteiger partial charge in [-0.1, -0.05) is 24.4 Å². The Kier molecular flexibility index (Phi) is 4.99. The average molecular weight is 298 g/mol. The second-order valence-electron chi connectivity index (χ2n) is 4.32. The van der Waals surface area contributed by atoms with Gasteiger partial charge >= 0.3 is 0 Å². The molecule has 1 unspecified atom stereocenters. The number of amides is 1. The van der Waals surface area contributed by atoms with Gasteiger partial charge in [-0.05, 0) is 6.07 Å². The third kappa shape index (κ3) is 3.72. The Balaban J connectivity index is 1.93. The van der Waals surface area contributed by atoms with Crippen LogP contribution >= 0.6 is 12.2 Å². The molecule has 1 aliphatic rings. The number of hydrogen-bond acceptors (Lipinski definition) is 4. The second kappa shape index (κ2) is 6.74. The predicted octanol–water partition coefficient (Wildman–Crippen LogP) is 0.491. The molecule has 5 nitrogen and oxygen atoms in total. The zero-order valence-electron chi connectivity index (χ0n) is 10.7. The van der Waals surface area contributed by atoms with E-state index in [9.17, 15) is 9.18 Å². The summed E-state index contributed by atoms with van der Waals surface area (Å²) in [6.45, 7) is 1.16. The highest BCUT2D eigenvalue weighted by molar-refractivity contribution is 7.80. The van der Waals surface area contributed by atoms with E-state index in [4.69, 9.17) is 27.4 Å². The number of ether oxygens (including phenoxy) is 2. The average Bonchev–Trinajstić information content (AvgIpc) is 2.46. The van der Waals surface area contributed by atoms with Crippen LogP contribution < -0.4 is 11.1 Å². The number of benzene rings is 1. The molecule has 3 N–H and O–H groups in total. The van der Waals surface area contributed by atoms with Crippen molar-refractivity contribution in [3.05, 3.63) is 35.1 Å². The van der Waals surface area contributed by atoms with Gasteiger partial charge in [-0.3, -0.25) is 4.79 Å². The summed E-state index contributed by atoms with van der Waals surface area (Å²) < 4.78 is 24.2. The van der Waals surface area contributed by atoms with Crippen molar-refractivity contribution in [3.8, 4) is 0 Å². The van der Waals surface area contributed by atoms with Gasteiger partial charge in [0, 0.05) is 17.7 Å². The molecule has 20 heavy (non-hydrogen) atoms. The van der Waals surface area contributed by atoms with Crippen LogP contribution in [0.3, 0.4) is 0 Å². The SMILES string of the molecule is NC(=S)c1ccc(CNC(=O)C2COCCO2)c(F)c1. The number of carbonyl (C=O) groups is 1. The molecule has 0 bridgehead atoms. The van der Waals surface area contributed by atoms with Crippen LogP contribution in [-0.2, 0) is 20.8 Å². The van der Waals surface area contributed by atoms with Crippen molar-refractivity contribution in [1.82, 2.24) is 5.32 Å². The third-order valence-corrected chi connectivity index (χ3v) is 3.13. The first-order chi connectivity index (χ1) is 9.58. The fourth-order valence-electron chi connectivity index (χ4n) is 1.78. The van der Waals surface area contributed by atoms with Gasteiger partial charge in [-0.15, -0.1) is 0 Å². The molecule has 0 aliphatic carbocycles. The lowest BCUT2D eigenvalue weighted by molar-refractivity contribution is -0.147. The molecule has 2 rings (SSSR count). The van der Waals surface area contributed by atoms with Gasteiger partial charge in [0.15, 0.2) is 6.10 Å². The maximum atomic E-state index is 13.8. The largest absolute Gasteiger partial charge is 0.389 e. The van der Waals surface area contributed by atoms with Crippen LogP contribution in [0.5, 0.6) is 0 Å². The van der Waals surface area contributed by atoms with Gasteiger partial charge in [0.2, 0.25) is 0 Å². The zero-order valence-corrected chi connectivity index (χ0v) is 11.5. The van der Waals surface area contributed by atoms with Gasteiger partial charge in [0.25, 0.3) is 5.91 Å². The number of thiocarbonyl (C=S) groups is 1. The molecule has 108 valence electrons. The van der Waals surface area contributed by atoms with E-state index in [0.29, 0.717) is 24.3 Å². The highest BCUT2D eigenvalue weighted by Gasteiger charge is 2.22. The molecule has 7 heteroatoms. The maximum absolute atomic E-state index is 13.8. The van der Waals surface area contributed by atoms with E-state index in [1.807, 2.05) is 0 Å². The van der Waals surface area contributed by atoms with E-state index in [1.165, 1.54) is 6.07 Å². The number of halogens is 1. The van der Waals surface area contributed by atoms with Gasteiger partial charge in [0.1, 0.15) is 10.8 Å². The van der Waals surface area contributed by atoms with Crippen molar-refractivity contribution in [2.75, 3.05) is 19.8 Å². The summed E-state index contributed by atoms with van der Waals surface area (Å²) >= 11 is 4.77. The number of rotatable bonds is 4. The van der Waals surface area contributed by atoms with Crippen LogP contribution in [0, 0.1) is 5.82 Å². The molecule has 1 aliphatic heterocycles. The summed E-state index contributed by atoms with van der Waals surface area (Å²) in [5.41, 5.74) is 6.23. The topological polar surface area (TPSA) is 73.6 Å². The van der Waals surface area contributed by atoms with Gasteiger partial charge in [0.05, 0.1) is 19.8 Å². The molecular formula is C13H15FN2O3S. The van der Waals surface area contributed by atoms with E-state index in [1.54, 1.807) is 12.1 Å². The van der Waals surface area contributed by atoms with Crippen LogP contribution in [0.25, 0.3) is 0 Å². The van der Waals surface area contributed by atoms with Gasteiger partial charge in [-0.2, -0.15) is 0 Å². The molecule has 1 heterocycles. The van der Waals surface area contributed by atoms with Crippen LogP contribution in [0.1, 0.15) is 11.1 Å². The van der Waals surface area contributed by atoms with Crippen molar-refractivity contribution in [1.29, 1.82) is 0 Å². The Hall–Kier alpha value is -1.57. The van der Waals surface area contributed by atoms with Crippen molar-refractivity contribution in [2.24, 2.45) is 5.73 Å². The van der Waals surface area contributed by atoms with Crippen LogP contribution in [0.2, 0.25) is 0 Å². The maximum Gasteiger partial charge on any atom is 0.251 e. The highest BCUT2D eigenvalue weighted by Crippen LogP contribution is 2.11. The van der Waals surface area contributed by atoms with E-state index < -0.39 is 11.9 Å². The third-order valence-electron chi connectivity index (χ3n) is 2.90. The Morgan fingerprint density at radius 3 is 2.90 bits per heavy atom. The molecule has 1 aromatic carbocycles. The molecule has 1 saturated heterocycles. The lowest BCUT2D eigenvalue weighted by Gasteiger charge is -2.22. The first kappa shape index (κ1) is 14.8. The molecular weight excluding hydrogens is 283 g/mol. The van der Waals surface area contributed by atoms with E-state index in [0.717, 1.165) is 0 Å². The molecule has 1 atom stereocenters. The molecule has 0 radical (unpaired) electrons. The van der Waals surface area contributed by atoms with Gasteiger partial charge < -0.3 is 20.5 Å². The molecule has 1 fully saturated rings. The van der Waals surface area contributed by atoms with Gasteiger partial charge in [-0.25, -0.2) is 4.39 Å². The van der Waals surface area contributed by atoms with Crippen molar-refractivity contribution >= 4 is 23.1 Å². The van der Waals surface area contributed by atoms with E-state index >= 15 is 0 Å². The van der Waals surface area contributed by atoms with Crippen LogP contribution in [0.4, 0.5) is 4.39 Å². The molecule has 0 saturated carbocycles. The Labute approximate surface area is 121 Å². The Morgan fingerprint density at radius 2 is 2.30 bits per heavy atom. The van der Waals surface area contributed by atoms with E-state index in [-0.39, 0.29) is 24.0 Å². The first-order valence-electron chi connectivity index (χ1n) is 6.13. The summed E-state index contributed by atoms with van der Waals surface area (Å²) in [7, 11) is 0. The lowest BCUT2D eigenvalue weighted by atomic mass is 10.1. The monoisotopic (exact) mass is 298 g/mol. The zero-order chi connectivity index (χ0) is 14.5. The van der Waals surface area contributed by atoms with Crippen LogP contribution in [0.15, 0.2) is 18.2 Å². The quantitative estimate of drug-likeness (QED) is 0.792. The lowest BCUT2D eigenvalue weighted by Crippen LogP contribution is -2.42. The molecule has 1 aromatic rings. The summed E-state index contributed by atoms with van der Waals surface area (Å²) in [6.07, 6.45) is -0.636. The van der Waals surface area contributed by atoms with Crippen molar-refractivity contribution in [3.63, 3.8) is 0 Å². The molecule has 0 spiro atoms. The fourth-order valence-corrected chi connectivity index (χ4v) is 1.91. The minimum absolute atomic E-state index is 0.0716. The smallest absolute Gasteiger partial charge is 0.251 e. The predicted molar refractivity (Wildman–Crippen MR) is 74.7 cm³/mol. The second-order valence-corrected chi connectivity index (χ2v) is 4.76. The number of nitrogens with two attached hydrogens (primary N) is 1.